The van der Waals surface area contributed by atoms with Gasteiger partial charge < -0.3 is 10.6 Å². The highest BCUT2D eigenvalue weighted by molar-refractivity contribution is 5.80. The van der Waals surface area contributed by atoms with Crippen molar-refractivity contribution in [2.75, 3.05) is 20.1 Å². The maximum Gasteiger partial charge on any atom is 0.191 e. The van der Waals surface area contributed by atoms with Crippen molar-refractivity contribution in [2.45, 2.75) is 46.3 Å². The number of nitrogens with zero attached hydrogens (tertiary/aromatic N) is 2. The van der Waals surface area contributed by atoms with Gasteiger partial charge >= 0.3 is 0 Å². The van der Waals surface area contributed by atoms with Gasteiger partial charge in [0.15, 0.2) is 5.96 Å². The maximum atomic E-state index is 4.30. The van der Waals surface area contributed by atoms with Crippen molar-refractivity contribution >= 4 is 5.96 Å². The lowest BCUT2D eigenvalue weighted by atomic mass is 10.1. The van der Waals surface area contributed by atoms with Crippen molar-refractivity contribution in [3.05, 3.63) is 35.4 Å². The Balaban J connectivity index is 1.86. The Morgan fingerprint density at radius 3 is 2.55 bits per heavy atom. The van der Waals surface area contributed by atoms with Gasteiger partial charge in [-0.05, 0) is 36.6 Å². The van der Waals surface area contributed by atoms with E-state index in [4.69, 9.17) is 0 Å². The molecule has 0 spiro atoms. The second-order valence-electron chi connectivity index (χ2n) is 6.17. The Hall–Kier alpha value is -1.55. The van der Waals surface area contributed by atoms with Gasteiger partial charge in [-0.2, -0.15) is 0 Å². The molecule has 2 unspecified atom stereocenters. The zero-order valence-electron chi connectivity index (χ0n) is 14.4. The van der Waals surface area contributed by atoms with Gasteiger partial charge in [-0.25, -0.2) is 0 Å². The molecule has 1 aromatic carbocycles. The molecule has 2 atom stereocenters. The molecule has 1 fully saturated rings. The molecule has 2 N–H and O–H groups in total. The number of benzene rings is 1. The fraction of sp³-hybridized carbons (Fsp3) is 0.611. The Kier molecular flexibility index (Phi) is 6.25. The first kappa shape index (κ1) is 16.8. The van der Waals surface area contributed by atoms with Gasteiger partial charge in [0.2, 0.25) is 0 Å². The average Bonchev–Trinajstić information content (AvgIpc) is 3.24. The molecular formula is C18H30N4. The first-order valence-electron chi connectivity index (χ1n) is 8.43. The summed E-state index contributed by atoms with van der Waals surface area (Å²) in [4.78, 5) is 6.73. The highest BCUT2D eigenvalue weighted by Gasteiger charge is 2.33. The van der Waals surface area contributed by atoms with E-state index in [1.165, 1.54) is 17.5 Å². The van der Waals surface area contributed by atoms with E-state index in [2.05, 4.69) is 65.6 Å². The molecule has 0 bridgehead atoms. The van der Waals surface area contributed by atoms with Crippen LogP contribution in [-0.4, -0.2) is 37.0 Å². The summed E-state index contributed by atoms with van der Waals surface area (Å²) in [6.07, 6.45) is 1.25. The van der Waals surface area contributed by atoms with Crippen LogP contribution in [0.4, 0.5) is 0 Å². The Morgan fingerprint density at radius 1 is 1.27 bits per heavy atom. The van der Waals surface area contributed by atoms with Crippen molar-refractivity contribution in [3.8, 4) is 0 Å². The quantitative estimate of drug-likeness (QED) is 0.601. The van der Waals surface area contributed by atoms with Gasteiger partial charge in [-0.3, -0.25) is 9.89 Å². The van der Waals surface area contributed by atoms with Crippen LogP contribution >= 0.6 is 0 Å². The van der Waals surface area contributed by atoms with Crippen LogP contribution in [0.5, 0.6) is 0 Å². The van der Waals surface area contributed by atoms with Gasteiger partial charge in [0.05, 0.1) is 0 Å². The van der Waals surface area contributed by atoms with E-state index in [-0.39, 0.29) is 0 Å². The van der Waals surface area contributed by atoms with Gasteiger partial charge in [-0.1, -0.05) is 45.0 Å². The number of aliphatic imine (C=N–C) groups is 1. The Bertz CT molecular complexity index is 494. The fourth-order valence-corrected chi connectivity index (χ4v) is 2.62. The minimum atomic E-state index is 0.597. The molecule has 0 radical (unpaired) electrons. The minimum Gasteiger partial charge on any atom is -0.353 e. The van der Waals surface area contributed by atoms with E-state index in [9.17, 15) is 0 Å². The molecular weight excluding hydrogens is 272 g/mol. The van der Waals surface area contributed by atoms with Crippen LogP contribution in [0.1, 0.15) is 38.3 Å². The van der Waals surface area contributed by atoms with E-state index in [0.717, 1.165) is 38.1 Å². The molecule has 1 saturated carbocycles. The Morgan fingerprint density at radius 2 is 1.95 bits per heavy atom. The van der Waals surface area contributed by atoms with E-state index >= 15 is 0 Å². The molecule has 0 aromatic heterocycles. The summed E-state index contributed by atoms with van der Waals surface area (Å²) in [5, 5.41) is 6.87. The summed E-state index contributed by atoms with van der Waals surface area (Å²) in [6, 6.07) is 9.42. The molecule has 22 heavy (non-hydrogen) atoms. The van der Waals surface area contributed by atoms with E-state index in [1.54, 1.807) is 0 Å². The van der Waals surface area contributed by atoms with Crippen LogP contribution in [0.25, 0.3) is 0 Å². The fourth-order valence-electron chi connectivity index (χ4n) is 2.62. The standard InChI is InChI=1S/C18H30N4/c1-5-22(6-2)13-16-9-7-8-15(11-16)12-20-18(19-4)21-17-10-14(17)3/h7-9,11,14,17H,5-6,10,12-13H2,1-4H3,(H2,19,20,21). The molecule has 0 aliphatic heterocycles. The smallest absolute Gasteiger partial charge is 0.191 e. The monoisotopic (exact) mass is 302 g/mol. The van der Waals surface area contributed by atoms with Crippen molar-refractivity contribution in [2.24, 2.45) is 10.9 Å². The van der Waals surface area contributed by atoms with E-state index in [1.807, 2.05) is 7.05 Å². The molecule has 1 aromatic rings. The Labute approximate surface area is 135 Å². The van der Waals surface area contributed by atoms with Crippen LogP contribution in [0.2, 0.25) is 0 Å². The topological polar surface area (TPSA) is 39.7 Å². The minimum absolute atomic E-state index is 0.597. The van der Waals surface area contributed by atoms with Crippen molar-refractivity contribution in [1.82, 2.24) is 15.5 Å². The van der Waals surface area contributed by atoms with Crippen molar-refractivity contribution in [1.29, 1.82) is 0 Å². The van der Waals surface area contributed by atoms with E-state index in [0.29, 0.717) is 6.04 Å². The largest absolute Gasteiger partial charge is 0.353 e. The van der Waals surface area contributed by atoms with Crippen LogP contribution in [0, 0.1) is 5.92 Å². The van der Waals surface area contributed by atoms with Gasteiger partial charge in [0, 0.05) is 26.2 Å². The van der Waals surface area contributed by atoms with Gasteiger partial charge in [0.1, 0.15) is 0 Å². The summed E-state index contributed by atoms with van der Waals surface area (Å²) in [5.41, 5.74) is 2.68. The molecule has 122 valence electrons. The second-order valence-corrected chi connectivity index (χ2v) is 6.17. The SMILES string of the molecule is CCN(CC)Cc1cccc(CNC(=NC)NC2CC2C)c1. The predicted octanol–water partition coefficient (Wildman–Crippen LogP) is 2.60. The number of rotatable bonds is 7. The first-order valence-corrected chi connectivity index (χ1v) is 8.43. The van der Waals surface area contributed by atoms with Gasteiger partial charge in [0.25, 0.3) is 0 Å². The lowest BCUT2D eigenvalue weighted by Crippen LogP contribution is -2.38. The average molecular weight is 302 g/mol. The highest BCUT2D eigenvalue weighted by atomic mass is 15.2. The summed E-state index contributed by atoms with van der Waals surface area (Å²) in [5.74, 6) is 1.68. The molecule has 4 heteroatoms. The second kappa shape index (κ2) is 8.18. The third kappa shape index (κ3) is 5.02. The molecule has 1 aliphatic rings. The lowest BCUT2D eigenvalue weighted by Gasteiger charge is -2.18. The lowest BCUT2D eigenvalue weighted by molar-refractivity contribution is 0.296. The molecule has 1 aliphatic carbocycles. The zero-order chi connectivity index (χ0) is 15.9. The molecule has 0 saturated heterocycles. The van der Waals surface area contributed by atoms with Crippen LogP contribution in [0.15, 0.2) is 29.3 Å². The predicted molar refractivity (Wildman–Crippen MR) is 94.0 cm³/mol. The van der Waals surface area contributed by atoms with E-state index < -0.39 is 0 Å². The number of guanidine groups is 1. The maximum absolute atomic E-state index is 4.30. The molecule has 4 nitrogen and oxygen atoms in total. The molecule has 0 amide bonds. The summed E-state index contributed by atoms with van der Waals surface area (Å²) in [6.45, 7) is 10.7. The van der Waals surface area contributed by atoms with Crippen LogP contribution < -0.4 is 10.6 Å². The van der Waals surface area contributed by atoms with Gasteiger partial charge in [-0.15, -0.1) is 0 Å². The third-order valence-electron chi connectivity index (χ3n) is 4.41. The number of nitrogens with one attached hydrogen (secondary N) is 2. The number of hydrogen-bond donors (Lipinski definition) is 2. The highest BCUT2D eigenvalue weighted by Crippen LogP contribution is 2.28. The normalized spacial score (nSPS) is 21.0. The van der Waals surface area contributed by atoms with Crippen molar-refractivity contribution < 1.29 is 0 Å². The summed E-state index contributed by atoms with van der Waals surface area (Å²) in [7, 11) is 1.83. The van der Waals surface area contributed by atoms with Crippen LogP contribution in [-0.2, 0) is 13.1 Å². The first-order chi connectivity index (χ1) is 10.7. The van der Waals surface area contributed by atoms with Crippen molar-refractivity contribution in [3.63, 3.8) is 0 Å². The van der Waals surface area contributed by atoms with Crippen LogP contribution in [0.3, 0.4) is 0 Å². The zero-order valence-corrected chi connectivity index (χ0v) is 14.4. The summed E-state index contributed by atoms with van der Waals surface area (Å²) < 4.78 is 0. The summed E-state index contributed by atoms with van der Waals surface area (Å²) >= 11 is 0. The molecule has 2 rings (SSSR count). The molecule has 0 heterocycles. The third-order valence-corrected chi connectivity index (χ3v) is 4.41. The number of hydrogen-bond acceptors (Lipinski definition) is 2.